The maximum absolute atomic E-state index is 12.7. The van der Waals surface area contributed by atoms with E-state index < -0.39 is 8.65 Å². The Morgan fingerprint density at radius 1 is 1.05 bits per heavy atom. The number of fused-ring (bicyclic) bond motifs is 8. The molecule has 4 rings (SSSR count). The van der Waals surface area contributed by atoms with E-state index in [1.165, 1.54) is 4.90 Å². The standard InChI is InChI=1S/C16H19Br2NO3/c1-14(2,3)22-11-7-5-6-8(11)10-9(7)15(17)12(20)19(4)13(21)16(10,15)18/h5-11H,1-4H3/t7?,8?,9?,10?,11?,15-,16?/m1/s1. The average molecular weight is 433 g/mol. The Morgan fingerprint density at radius 2 is 1.45 bits per heavy atom. The van der Waals surface area contributed by atoms with E-state index in [-0.39, 0.29) is 47.2 Å². The van der Waals surface area contributed by atoms with Gasteiger partial charge in [-0.25, -0.2) is 0 Å². The Bertz CT molecular complexity index is 583. The summed E-state index contributed by atoms with van der Waals surface area (Å²) in [6.07, 6.45) is 4.40. The Balaban J connectivity index is 1.77. The third kappa shape index (κ3) is 1.40. The monoisotopic (exact) mass is 431 g/mol. The van der Waals surface area contributed by atoms with Gasteiger partial charge < -0.3 is 4.74 Å². The van der Waals surface area contributed by atoms with E-state index >= 15 is 0 Å². The number of ether oxygens (including phenoxy) is 1. The topological polar surface area (TPSA) is 46.6 Å². The molecular weight excluding hydrogens is 414 g/mol. The number of halogens is 2. The molecular formula is C16H19Br2NO3. The summed E-state index contributed by atoms with van der Waals surface area (Å²) in [6.45, 7) is 6.14. The van der Waals surface area contributed by atoms with Gasteiger partial charge in [0, 0.05) is 18.9 Å². The number of amides is 2. The second-order valence-electron chi connectivity index (χ2n) is 7.88. The van der Waals surface area contributed by atoms with E-state index in [0.717, 1.165) is 0 Å². The van der Waals surface area contributed by atoms with Crippen LogP contribution in [0.15, 0.2) is 12.2 Å². The van der Waals surface area contributed by atoms with Crippen molar-refractivity contribution in [2.24, 2.45) is 23.7 Å². The van der Waals surface area contributed by atoms with Gasteiger partial charge in [0.1, 0.15) is 8.65 Å². The average Bonchev–Trinajstić information content (AvgIpc) is 2.97. The molecule has 3 aliphatic carbocycles. The number of hydrogen-bond donors (Lipinski definition) is 0. The van der Waals surface area contributed by atoms with E-state index in [1.54, 1.807) is 7.05 Å². The zero-order valence-corrected chi connectivity index (χ0v) is 16.1. The highest BCUT2D eigenvalue weighted by molar-refractivity contribution is 9.13. The Hall–Kier alpha value is -0.200. The van der Waals surface area contributed by atoms with E-state index in [0.29, 0.717) is 0 Å². The molecule has 4 nitrogen and oxygen atoms in total. The van der Waals surface area contributed by atoms with Crippen LogP contribution >= 0.6 is 31.9 Å². The van der Waals surface area contributed by atoms with Gasteiger partial charge >= 0.3 is 0 Å². The molecule has 22 heavy (non-hydrogen) atoms. The molecule has 6 heteroatoms. The van der Waals surface area contributed by atoms with Gasteiger partial charge in [0.05, 0.1) is 11.7 Å². The molecule has 0 N–H and O–H groups in total. The fraction of sp³-hybridized carbons (Fsp3) is 0.750. The van der Waals surface area contributed by atoms with Crippen LogP contribution in [0.4, 0.5) is 0 Å². The molecule has 0 aromatic rings. The van der Waals surface area contributed by atoms with Crippen LogP contribution in [0, 0.1) is 23.7 Å². The Morgan fingerprint density at radius 3 is 1.82 bits per heavy atom. The minimum atomic E-state index is -0.833. The van der Waals surface area contributed by atoms with Gasteiger partial charge in [-0.15, -0.1) is 0 Å². The second-order valence-corrected chi connectivity index (χ2v) is 10.4. The van der Waals surface area contributed by atoms with Crippen molar-refractivity contribution in [1.29, 1.82) is 0 Å². The van der Waals surface area contributed by atoms with Crippen molar-refractivity contribution in [3.05, 3.63) is 12.2 Å². The highest BCUT2D eigenvalue weighted by Gasteiger charge is 2.87. The van der Waals surface area contributed by atoms with Crippen molar-refractivity contribution in [2.45, 2.75) is 41.1 Å². The number of carbonyl (C=O) groups is 2. The molecule has 4 aliphatic rings. The van der Waals surface area contributed by atoms with Gasteiger partial charge in [-0.1, -0.05) is 44.0 Å². The summed E-state index contributed by atoms with van der Waals surface area (Å²) in [5, 5.41) is 0. The van der Waals surface area contributed by atoms with Crippen LogP contribution in [0.5, 0.6) is 0 Å². The summed E-state index contributed by atoms with van der Waals surface area (Å²) in [5.41, 5.74) is -0.240. The Kier molecular flexibility index (Phi) is 2.83. The number of hydrogen-bond acceptors (Lipinski definition) is 3. The van der Waals surface area contributed by atoms with Gasteiger partial charge in [-0.3, -0.25) is 14.5 Å². The molecule has 0 spiro atoms. The largest absolute Gasteiger partial charge is 0.371 e. The van der Waals surface area contributed by atoms with E-state index in [2.05, 4.69) is 44.0 Å². The highest BCUT2D eigenvalue weighted by atomic mass is 79.9. The molecule has 7 atom stereocenters. The van der Waals surface area contributed by atoms with Crippen LogP contribution in [0.1, 0.15) is 20.8 Å². The number of rotatable bonds is 1. The van der Waals surface area contributed by atoms with Gasteiger partial charge in [-0.2, -0.15) is 0 Å². The molecule has 1 heterocycles. The van der Waals surface area contributed by atoms with Crippen LogP contribution in [-0.2, 0) is 14.3 Å². The minimum Gasteiger partial charge on any atom is -0.371 e. The van der Waals surface area contributed by atoms with Gasteiger partial charge in [0.2, 0.25) is 11.8 Å². The quantitative estimate of drug-likeness (QED) is 0.363. The summed E-state index contributed by atoms with van der Waals surface area (Å²) >= 11 is 7.33. The zero-order chi connectivity index (χ0) is 16.2. The molecule has 1 aliphatic heterocycles. The lowest BCUT2D eigenvalue weighted by atomic mass is 9.53. The third-order valence-corrected chi connectivity index (χ3v) is 9.22. The number of imide groups is 1. The third-order valence-electron chi connectivity index (χ3n) is 5.70. The lowest BCUT2D eigenvalue weighted by Gasteiger charge is -2.57. The molecule has 2 amide bonds. The van der Waals surface area contributed by atoms with Crippen LogP contribution in [-0.4, -0.2) is 44.1 Å². The molecule has 0 aromatic heterocycles. The number of carbonyl (C=O) groups excluding carboxylic acids is 2. The normalized spacial score (nSPS) is 52.1. The molecule has 6 unspecified atom stereocenters. The van der Waals surface area contributed by atoms with Crippen molar-refractivity contribution in [1.82, 2.24) is 4.90 Å². The van der Waals surface area contributed by atoms with E-state index in [1.807, 2.05) is 20.8 Å². The van der Waals surface area contributed by atoms with Crippen molar-refractivity contribution in [2.75, 3.05) is 7.05 Å². The predicted molar refractivity (Wildman–Crippen MR) is 88.8 cm³/mol. The summed E-state index contributed by atoms with van der Waals surface area (Å²) in [5.74, 6) is 0.313. The minimum absolute atomic E-state index is 0.0513. The maximum atomic E-state index is 12.7. The van der Waals surface area contributed by atoms with Crippen LogP contribution in [0.2, 0.25) is 0 Å². The first kappa shape index (κ1) is 15.3. The lowest BCUT2D eigenvalue weighted by Crippen LogP contribution is -2.72. The van der Waals surface area contributed by atoms with Crippen LogP contribution in [0.3, 0.4) is 0 Å². The number of likely N-dealkylation sites (tertiary alicyclic amines) is 1. The summed E-state index contributed by atoms with van der Waals surface area (Å²) < 4.78 is 4.61. The first-order valence-electron chi connectivity index (χ1n) is 7.61. The molecule has 3 fully saturated rings. The number of alkyl halides is 2. The van der Waals surface area contributed by atoms with E-state index in [4.69, 9.17) is 4.74 Å². The predicted octanol–water partition coefficient (Wildman–Crippen LogP) is 2.50. The van der Waals surface area contributed by atoms with Crippen molar-refractivity contribution >= 4 is 43.7 Å². The van der Waals surface area contributed by atoms with Gasteiger partial charge in [-0.05, 0) is 32.6 Å². The summed E-state index contributed by atoms with van der Waals surface area (Å²) in [6, 6.07) is 0. The second kappa shape index (κ2) is 4.06. The molecule has 2 saturated carbocycles. The van der Waals surface area contributed by atoms with Gasteiger partial charge in [0.25, 0.3) is 0 Å². The fourth-order valence-corrected chi connectivity index (χ4v) is 7.60. The molecule has 2 bridgehead atoms. The maximum Gasteiger partial charge on any atom is 0.248 e. The van der Waals surface area contributed by atoms with Crippen LogP contribution in [0.25, 0.3) is 0 Å². The summed E-state index contributed by atoms with van der Waals surface area (Å²) in [7, 11) is 1.57. The SMILES string of the molecule is CN1C(=O)C2(Br)C3C4C=CC(C4OC(C)(C)C)C3[C@@]2(Br)C1=O. The van der Waals surface area contributed by atoms with E-state index in [9.17, 15) is 9.59 Å². The smallest absolute Gasteiger partial charge is 0.248 e. The summed E-state index contributed by atoms with van der Waals surface area (Å²) in [4.78, 5) is 26.6. The molecule has 1 saturated heterocycles. The van der Waals surface area contributed by atoms with Crippen molar-refractivity contribution in [3.63, 3.8) is 0 Å². The first-order valence-corrected chi connectivity index (χ1v) is 9.20. The Labute approximate surface area is 146 Å². The fourth-order valence-electron chi connectivity index (χ4n) is 5.02. The zero-order valence-electron chi connectivity index (χ0n) is 13.0. The first-order chi connectivity index (χ1) is 10.0. The van der Waals surface area contributed by atoms with Crippen molar-refractivity contribution in [3.8, 4) is 0 Å². The van der Waals surface area contributed by atoms with Crippen LogP contribution < -0.4 is 0 Å². The van der Waals surface area contributed by atoms with Crippen molar-refractivity contribution < 1.29 is 14.3 Å². The lowest BCUT2D eigenvalue weighted by molar-refractivity contribution is -0.137. The number of nitrogens with zero attached hydrogens (tertiary/aromatic N) is 1. The molecule has 0 radical (unpaired) electrons. The molecule has 0 aromatic carbocycles. The highest BCUT2D eigenvalue weighted by Crippen LogP contribution is 2.76. The van der Waals surface area contributed by atoms with Gasteiger partial charge in [0.15, 0.2) is 0 Å². The molecule has 120 valence electrons.